The van der Waals surface area contributed by atoms with Gasteiger partial charge in [0.25, 0.3) is 0 Å². The zero-order chi connectivity index (χ0) is 18.9. The average molecular weight is 358 g/mol. The molecular formula is C20H20F2N2O2. The lowest BCUT2D eigenvalue weighted by molar-refractivity contribution is -0.130. The summed E-state index contributed by atoms with van der Waals surface area (Å²) in [5.74, 6) is -2.27. The van der Waals surface area contributed by atoms with Gasteiger partial charge in [0.05, 0.1) is 12.5 Å². The van der Waals surface area contributed by atoms with E-state index in [-0.39, 0.29) is 17.8 Å². The van der Waals surface area contributed by atoms with Crippen LogP contribution in [0.1, 0.15) is 30.0 Å². The number of hydrogen-bond acceptors (Lipinski definition) is 3. The van der Waals surface area contributed by atoms with Gasteiger partial charge in [0, 0.05) is 6.07 Å². The summed E-state index contributed by atoms with van der Waals surface area (Å²) in [4.78, 5) is 25.0. The molecule has 3 rings (SSSR count). The van der Waals surface area contributed by atoms with Crippen molar-refractivity contribution in [2.45, 2.75) is 37.8 Å². The van der Waals surface area contributed by atoms with E-state index in [1.165, 1.54) is 0 Å². The summed E-state index contributed by atoms with van der Waals surface area (Å²) >= 11 is 0. The largest absolute Gasteiger partial charge is 0.346 e. The van der Waals surface area contributed by atoms with Crippen molar-refractivity contribution in [3.63, 3.8) is 0 Å². The van der Waals surface area contributed by atoms with Crippen LogP contribution in [0.25, 0.3) is 0 Å². The van der Waals surface area contributed by atoms with Gasteiger partial charge in [0.1, 0.15) is 17.2 Å². The number of carbonyl (C=O) groups is 2. The third-order valence-electron chi connectivity index (χ3n) is 4.78. The number of nitrogens with two attached hydrogens (primary N) is 1. The molecule has 4 nitrogen and oxygen atoms in total. The lowest BCUT2D eigenvalue weighted by atomic mass is 9.85. The first-order valence-electron chi connectivity index (χ1n) is 8.45. The number of fused-ring (bicyclic) bond motifs is 1. The zero-order valence-electron chi connectivity index (χ0n) is 14.4. The van der Waals surface area contributed by atoms with Crippen LogP contribution in [-0.4, -0.2) is 17.7 Å². The Balaban J connectivity index is 1.69. The van der Waals surface area contributed by atoms with E-state index in [9.17, 15) is 18.4 Å². The number of amides is 1. The molecule has 1 aliphatic carbocycles. The second kappa shape index (κ2) is 6.96. The molecule has 6 heteroatoms. The Kier molecular flexibility index (Phi) is 4.87. The van der Waals surface area contributed by atoms with E-state index in [4.69, 9.17) is 5.73 Å². The molecule has 0 spiro atoms. The first-order chi connectivity index (χ1) is 12.3. The fourth-order valence-electron chi connectivity index (χ4n) is 3.54. The lowest BCUT2D eigenvalue weighted by Crippen LogP contribution is -2.53. The molecule has 0 bridgehead atoms. The molecule has 2 atom stereocenters. The summed E-state index contributed by atoms with van der Waals surface area (Å²) in [6.45, 7) is 1.57. The van der Waals surface area contributed by atoms with E-state index < -0.39 is 29.1 Å². The zero-order valence-corrected chi connectivity index (χ0v) is 14.4. The standard InChI is InChI=1S/C20H20F2N2O2/c1-12(24-18(25)10-13-8-15(21)11-16(22)9-13)19(26)20(23)7-6-14-4-2-3-5-17(14)20/h2-5,8-9,11-12H,6-7,10,23H2,1H3,(H,24,25)/t12-,20-/m0/s1. The number of hydrogen-bond donors (Lipinski definition) is 2. The van der Waals surface area contributed by atoms with Gasteiger partial charge < -0.3 is 11.1 Å². The molecule has 2 aromatic carbocycles. The Morgan fingerprint density at radius 2 is 1.85 bits per heavy atom. The predicted molar refractivity (Wildman–Crippen MR) is 93.3 cm³/mol. The monoisotopic (exact) mass is 358 g/mol. The van der Waals surface area contributed by atoms with Gasteiger partial charge in [-0.2, -0.15) is 0 Å². The van der Waals surface area contributed by atoms with Crippen LogP contribution in [0.3, 0.4) is 0 Å². The molecule has 0 fully saturated rings. The van der Waals surface area contributed by atoms with Gasteiger partial charge >= 0.3 is 0 Å². The van der Waals surface area contributed by atoms with E-state index in [1.807, 2.05) is 24.3 Å². The van der Waals surface area contributed by atoms with Crippen LogP contribution in [0, 0.1) is 11.6 Å². The number of carbonyl (C=O) groups excluding carboxylic acids is 2. The Labute approximate surface area is 150 Å². The molecule has 0 saturated carbocycles. The predicted octanol–water partition coefficient (Wildman–Crippen LogP) is 2.38. The van der Waals surface area contributed by atoms with E-state index in [0.29, 0.717) is 12.8 Å². The van der Waals surface area contributed by atoms with Crippen molar-refractivity contribution in [2.24, 2.45) is 5.73 Å². The third kappa shape index (κ3) is 3.51. The van der Waals surface area contributed by atoms with Gasteiger partial charge in [0.15, 0.2) is 5.78 Å². The lowest BCUT2D eigenvalue weighted by Gasteiger charge is -2.27. The molecule has 0 heterocycles. The number of Topliss-reactive ketones (excluding diaryl/α,β-unsaturated/α-hetero) is 1. The molecule has 2 aromatic rings. The normalized spacial score (nSPS) is 19.7. The second-order valence-electron chi connectivity index (χ2n) is 6.74. The molecule has 0 unspecified atom stereocenters. The molecule has 26 heavy (non-hydrogen) atoms. The van der Waals surface area contributed by atoms with Crippen LogP contribution in [0.2, 0.25) is 0 Å². The van der Waals surface area contributed by atoms with Crippen LogP contribution >= 0.6 is 0 Å². The average Bonchev–Trinajstić information content (AvgIpc) is 2.92. The molecule has 3 N–H and O–H groups in total. The molecule has 0 radical (unpaired) electrons. The van der Waals surface area contributed by atoms with Crippen molar-refractivity contribution < 1.29 is 18.4 Å². The molecular weight excluding hydrogens is 338 g/mol. The minimum atomic E-state index is -1.13. The number of aryl methyl sites for hydroxylation is 1. The van der Waals surface area contributed by atoms with E-state index in [2.05, 4.69) is 5.32 Å². The number of rotatable bonds is 5. The Hall–Kier alpha value is -2.60. The number of benzene rings is 2. The first-order valence-corrected chi connectivity index (χ1v) is 8.45. The van der Waals surface area contributed by atoms with Gasteiger partial charge in [-0.15, -0.1) is 0 Å². The summed E-state index contributed by atoms with van der Waals surface area (Å²) in [7, 11) is 0. The maximum atomic E-state index is 13.2. The van der Waals surface area contributed by atoms with Crippen LogP contribution in [0.4, 0.5) is 8.78 Å². The minimum absolute atomic E-state index is 0.202. The highest BCUT2D eigenvalue weighted by atomic mass is 19.1. The Morgan fingerprint density at radius 1 is 1.19 bits per heavy atom. The van der Waals surface area contributed by atoms with Gasteiger partial charge in [0.2, 0.25) is 5.91 Å². The molecule has 1 aliphatic rings. The van der Waals surface area contributed by atoms with E-state index >= 15 is 0 Å². The van der Waals surface area contributed by atoms with Gasteiger partial charge in [-0.25, -0.2) is 8.78 Å². The van der Waals surface area contributed by atoms with Crippen LogP contribution in [0.15, 0.2) is 42.5 Å². The smallest absolute Gasteiger partial charge is 0.224 e. The third-order valence-corrected chi connectivity index (χ3v) is 4.78. The maximum Gasteiger partial charge on any atom is 0.224 e. The highest BCUT2D eigenvalue weighted by Gasteiger charge is 2.43. The summed E-state index contributed by atoms with van der Waals surface area (Å²) < 4.78 is 26.4. The number of ketones is 1. The van der Waals surface area contributed by atoms with Crippen LogP contribution in [0.5, 0.6) is 0 Å². The highest BCUT2D eigenvalue weighted by Crippen LogP contribution is 2.36. The number of halogens is 2. The maximum absolute atomic E-state index is 13.2. The topological polar surface area (TPSA) is 72.2 Å². The van der Waals surface area contributed by atoms with Crippen molar-refractivity contribution >= 4 is 11.7 Å². The molecule has 0 saturated heterocycles. The van der Waals surface area contributed by atoms with Crippen molar-refractivity contribution in [3.05, 3.63) is 70.8 Å². The van der Waals surface area contributed by atoms with Gasteiger partial charge in [-0.3, -0.25) is 9.59 Å². The summed E-state index contributed by atoms with van der Waals surface area (Å²) in [6.07, 6.45) is 0.975. The summed E-state index contributed by atoms with van der Waals surface area (Å²) in [6, 6.07) is 9.63. The summed E-state index contributed by atoms with van der Waals surface area (Å²) in [5.41, 5.74) is 7.28. The fraction of sp³-hybridized carbons (Fsp3) is 0.300. The quantitative estimate of drug-likeness (QED) is 0.862. The van der Waals surface area contributed by atoms with Gasteiger partial charge in [-0.05, 0) is 48.6 Å². The number of nitrogens with one attached hydrogen (secondary N) is 1. The Morgan fingerprint density at radius 3 is 2.54 bits per heavy atom. The van der Waals surface area contributed by atoms with Gasteiger partial charge in [-0.1, -0.05) is 24.3 Å². The van der Waals surface area contributed by atoms with Crippen molar-refractivity contribution in [3.8, 4) is 0 Å². The minimum Gasteiger partial charge on any atom is -0.346 e. The first kappa shape index (κ1) is 18.2. The van der Waals surface area contributed by atoms with E-state index in [0.717, 1.165) is 29.3 Å². The van der Waals surface area contributed by atoms with Crippen LogP contribution in [-0.2, 0) is 28.0 Å². The molecule has 1 amide bonds. The summed E-state index contributed by atoms with van der Waals surface area (Å²) in [5, 5.41) is 2.59. The van der Waals surface area contributed by atoms with Crippen LogP contribution < -0.4 is 11.1 Å². The second-order valence-corrected chi connectivity index (χ2v) is 6.74. The molecule has 136 valence electrons. The Bertz CT molecular complexity index is 848. The van der Waals surface area contributed by atoms with Crippen molar-refractivity contribution in [2.75, 3.05) is 0 Å². The molecule has 0 aromatic heterocycles. The van der Waals surface area contributed by atoms with E-state index in [1.54, 1.807) is 6.92 Å². The molecule has 0 aliphatic heterocycles. The van der Waals surface area contributed by atoms with Crippen molar-refractivity contribution in [1.82, 2.24) is 5.32 Å². The highest BCUT2D eigenvalue weighted by molar-refractivity contribution is 5.97. The van der Waals surface area contributed by atoms with Crippen molar-refractivity contribution in [1.29, 1.82) is 0 Å². The SMILES string of the molecule is C[C@H](NC(=O)Cc1cc(F)cc(F)c1)C(=O)[C@]1(N)CCc2ccccc21. The fourth-order valence-corrected chi connectivity index (χ4v) is 3.54.